The van der Waals surface area contributed by atoms with Crippen LogP contribution in [0.25, 0.3) is 0 Å². The van der Waals surface area contributed by atoms with Gasteiger partial charge in [0, 0.05) is 19.1 Å². The molecule has 1 aliphatic rings. The van der Waals surface area contributed by atoms with E-state index in [-0.39, 0.29) is 24.4 Å². The van der Waals surface area contributed by atoms with Crippen LogP contribution in [-0.2, 0) is 11.2 Å². The molecule has 1 aromatic rings. The number of nitrogens with zero attached hydrogens (tertiary/aromatic N) is 1. The van der Waals surface area contributed by atoms with Crippen LogP contribution in [0.4, 0.5) is 13.2 Å². The Labute approximate surface area is 146 Å². The molecule has 1 fully saturated rings. The number of hydrogen-bond donors (Lipinski definition) is 2. The highest BCUT2D eigenvalue weighted by molar-refractivity contribution is 5.85. The van der Waals surface area contributed by atoms with Crippen molar-refractivity contribution in [3.63, 3.8) is 0 Å². The van der Waals surface area contributed by atoms with Gasteiger partial charge in [-0.05, 0) is 24.8 Å². The highest BCUT2D eigenvalue weighted by atomic mass is 35.5. The summed E-state index contributed by atoms with van der Waals surface area (Å²) in [5.41, 5.74) is 6.89. The van der Waals surface area contributed by atoms with Gasteiger partial charge in [0.05, 0.1) is 12.6 Å². The largest absolute Gasteiger partial charge is 0.401 e. The Morgan fingerprint density at radius 2 is 1.83 bits per heavy atom. The fourth-order valence-corrected chi connectivity index (χ4v) is 2.76. The maximum atomic E-state index is 12.3. The van der Waals surface area contributed by atoms with Crippen molar-refractivity contribution in [2.45, 2.75) is 37.5 Å². The normalized spacial score (nSPS) is 17.8. The van der Waals surface area contributed by atoms with Gasteiger partial charge in [0.2, 0.25) is 5.91 Å². The van der Waals surface area contributed by atoms with Crippen LogP contribution in [0.2, 0.25) is 0 Å². The van der Waals surface area contributed by atoms with Gasteiger partial charge in [-0.1, -0.05) is 30.3 Å². The average molecular weight is 366 g/mol. The second-order valence-corrected chi connectivity index (χ2v) is 5.97. The van der Waals surface area contributed by atoms with E-state index in [1.54, 1.807) is 0 Å². The van der Waals surface area contributed by atoms with Gasteiger partial charge in [0.25, 0.3) is 0 Å². The lowest BCUT2D eigenvalue weighted by molar-refractivity contribution is -0.148. The lowest BCUT2D eigenvalue weighted by atomic mass is 10.0. The summed E-state index contributed by atoms with van der Waals surface area (Å²) in [5, 5.41) is 2.85. The van der Waals surface area contributed by atoms with Crippen LogP contribution in [0.15, 0.2) is 30.3 Å². The minimum Gasteiger partial charge on any atom is -0.352 e. The molecule has 24 heavy (non-hydrogen) atoms. The van der Waals surface area contributed by atoms with E-state index in [4.69, 9.17) is 5.73 Å². The average Bonchev–Trinajstić information content (AvgIpc) is 2.48. The Balaban J connectivity index is 0.00000288. The van der Waals surface area contributed by atoms with Crippen molar-refractivity contribution >= 4 is 18.3 Å². The lowest BCUT2D eigenvalue weighted by Crippen LogP contribution is -2.51. The van der Waals surface area contributed by atoms with E-state index in [9.17, 15) is 18.0 Å². The van der Waals surface area contributed by atoms with Crippen molar-refractivity contribution < 1.29 is 18.0 Å². The topological polar surface area (TPSA) is 58.4 Å². The van der Waals surface area contributed by atoms with Crippen LogP contribution in [0.1, 0.15) is 18.4 Å². The van der Waals surface area contributed by atoms with Gasteiger partial charge in [0.1, 0.15) is 0 Å². The lowest BCUT2D eigenvalue weighted by Gasteiger charge is -2.33. The summed E-state index contributed by atoms with van der Waals surface area (Å²) in [6, 6.07) is 8.72. The quantitative estimate of drug-likeness (QED) is 0.840. The molecule has 1 amide bonds. The zero-order valence-corrected chi connectivity index (χ0v) is 14.1. The van der Waals surface area contributed by atoms with Gasteiger partial charge < -0.3 is 11.1 Å². The molecule has 8 heteroatoms. The van der Waals surface area contributed by atoms with Crippen LogP contribution in [0.3, 0.4) is 0 Å². The fraction of sp³-hybridized carbons (Fsp3) is 0.562. The maximum absolute atomic E-state index is 12.3. The molecule has 136 valence electrons. The molecule has 0 radical (unpaired) electrons. The summed E-state index contributed by atoms with van der Waals surface area (Å²) < 4.78 is 37.0. The van der Waals surface area contributed by atoms with E-state index in [1.165, 1.54) is 4.90 Å². The standard InChI is InChI=1S/C16H22F3N3O.ClH/c17-16(18,19)11-22-8-6-13(7-9-22)21-15(23)14(20)10-12-4-2-1-3-5-12;/h1-5,13-14H,6-11,20H2,(H,21,23);1H. The summed E-state index contributed by atoms with van der Waals surface area (Å²) in [4.78, 5) is 13.5. The number of benzene rings is 1. The summed E-state index contributed by atoms with van der Waals surface area (Å²) >= 11 is 0. The number of carbonyl (C=O) groups excluding carboxylic acids is 1. The van der Waals surface area contributed by atoms with Gasteiger partial charge in [-0.15, -0.1) is 12.4 Å². The summed E-state index contributed by atoms with van der Waals surface area (Å²) in [5.74, 6) is -0.247. The third-order valence-corrected chi connectivity index (χ3v) is 3.97. The predicted molar refractivity (Wildman–Crippen MR) is 89.0 cm³/mol. The number of piperidine rings is 1. The van der Waals surface area contributed by atoms with E-state index in [0.29, 0.717) is 32.4 Å². The molecule has 2 rings (SSSR count). The van der Waals surface area contributed by atoms with Gasteiger partial charge in [-0.25, -0.2) is 0 Å². The number of nitrogens with one attached hydrogen (secondary N) is 1. The molecular formula is C16H23ClF3N3O. The molecule has 1 heterocycles. The van der Waals surface area contributed by atoms with Crippen molar-refractivity contribution in [3.05, 3.63) is 35.9 Å². The molecule has 0 saturated carbocycles. The van der Waals surface area contributed by atoms with Gasteiger partial charge >= 0.3 is 6.18 Å². The number of hydrogen-bond acceptors (Lipinski definition) is 3. The minimum atomic E-state index is -4.17. The fourth-order valence-electron chi connectivity index (χ4n) is 2.76. The molecule has 0 spiro atoms. The third-order valence-electron chi connectivity index (χ3n) is 3.97. The Kier molecular flexibility index (Phi) is 7.99. The monoisotopic (exact) mass is 365 g/mol. The summed E-state index contributed by atoms with van der Waals surface area (Å²) in [6.45, 7) is -0.224. The first-order valence-electron chi connectivity index (χ1n) is 7.72. The van der Waals surface area contributed by atoms with Crippen molar-refractivity contribution in [3.8, 4) is 0 Å². The first kappa shape index (κ1) is 20.7. The highest BCUT2D eigenvalue weighted by Gasteiger charge is 2.33. The Morgan fingerprint density at radius 1 is 1.25 bits per heavy atom. The predicted octanol–water partition coefficient (Wildman–Crippen LogP) is 2.12. The third kappa shape index (κ3) is 7.07. The number of nitrogens with two attached hydrogens (primary N) is 1. The van der Waals surface area contributed by atoms with Crippen LogP contribution in [-0.4, -0.2) is 48.7 Å². The van der Waals surface area contributed by atoms with Crippen molar-refractivity contribution in [1.29, 1.82) is 0 Å². The van der Waals surface area contributed by atoms with Crippen LogP contribution >= 0.6 is 12.4 Å². The van der Waals surface area contributed by atoms with Gasteiger partial charge in [-0.2, -0.15) is 13.2 Å². The molecule has 0 bridgehead atoms. The zero-order chi connectivity index (χ0) is 16.9. The van der Waals surface area contributed by atoms with Crippen LogP contribution in [0, 0.1) is 0 Å². The molecule has 0 aromatic heterocycles. The van der Waals surface area contributed by atoms with Gasteiger partial charge in [0.15, 0.2) is 0 Å². The Morgan fingerprint density at radius 3 is 2.38 bits per heavy atom. The first-order chi connectivity index (χ1) is 10.8. The maximum Gasteiger partial charge on any atom is 0.401 e. The molecule has 0 aliphatic carbocycles. The van der Waals surface area contributed by atoms with E-state index in [1.807, 2.05) is 30.3 Å². The molecular weight excluding hydrogens is 343 g/mol. The van der Waals surface area contributed by atoms with E-state index in [0.717, 1.165) is 5.56 Å². The van der Waals surface area contributed by atoms with Crippen molar-refractivity contribution in [2.24, 2.45) is 5.73 Å². The minimum absolute atomic E-state index is 0. The van der Waals surface area contributed by atoms with Crippen LogP contribution < -0.4 is 11.1 Å². The molecule has 1 unspecified atom stereocenters. The molecule has 1 atom stereocenters. The number of alkyl halides is 3. The van der Waals surface area contributed by atoms with Crippen LogP contribution in [0.5, 0.6) is 0 Å². The number of amides is 1. The second kappa shape index (κ2) is 9.25. The smallest absolute Gasteiger partial charge is 0.352 e. The zero-order valence-electron chi connectivity index (χ0n) is 13.3. The molecule has 1 saturated heterocycles. The number of likely N-dealkylation sites (tertiary alicyclic amines) is 1. The molecule has 1 aromatic carbocycles. The number of halogens is 4. The first-order valence-corrected chi connectivity index (χ1v) is 7.72. The van der Waals surface area contributed by atoms with Gasteiger partial charge in [-0.3, -0.25) is 9.69 Å². The second-order valence-electron chi connectivity index (χ2n) is 5.97. The number of carbonyl (C=O) groups is 1. The molecule has 1 aliphatic heterocycles. The van der Waals surface area contributed by atoms with Crippen molar-refractivity contribution in [2.75, 3.05) is 19.6 Å². The molecule has 4 nitrogen and oxygen atoms in total. The Hall–Kier alpha value is -1.31. The SMILES string of the molecule is Cl.NC(Cc1ccccc1)C(=O)NC1CCN(CC(F)(F)F)CC1. The van der Waals surface area contributed by atoms with E-state index in [2.05, 4.69) is 5.32 Å². The summed E-state index contributed by atoms with van der Waals surface area (Å²) in [6.07, 6.45) is -2.70. The van der Waals surface area contributed by atoms with E-state index < -0.39 is 18.8 Å². The number of rotatable bonds is 5. The molecule has 3 N–H and O–H groups in total. The van der Waals surface area contributed by atoms with Crippen molar-refractivity contribution in [1.82, 2.24) is 10.2 Å². The summed E-state index contributed by atoms with van der Waals surface area (Å²) in [7, 11) is 0. The Bertz CT molecular complexity index is 505. The van der Waals surface area contributed by atoms with E-state index >= 15 is 0 Å². The highest BCUT2D eigenvalue weighted by Crippen LogP contribution is 2.19.